The number of ether oxygens (including phenoxy) is 1. The van der Waals surface area contributed by atoms with Gasteiger partial charge in [0.25, 0.3) is 5.91 Å². The van der Waals surface area contributed by atoms with Crippen LogP contribution >= 0.6 is 11.3 Å². The van der Waals surface area contributed by atoms with Crippen LogP contribution < -0.4 is 4.74 Å². The first-order valence-electron chi connectivity index (χ1n) is 8.84. The maximum absolute atomic E-state index is 13.1. The van der Waals surface area contributed by atoms with Crippen molar-refractivity contribution in [1.29, 1.82) is 0 Å². The van der Waals surface area contributed by atoms with Crippen LogP contribution in [0.2, 0.25) is 0 Å². The average molecular weight is 385 g/mol. The first-order valence-corrected chi connectivity index (χ1v) is 9.72. The Labute approximate surface area is 163 Å². The van der Waals surface area contributed by atoms with E-state index in [4.69, 9.17) is 4.74 Å². The van der Waals surface area contributed by atoms with Gasteiger partial charge in [-0.15, -0.1) is 11.3 Å². The van der Waals surface area contributed by atoms with Gasteiger partial charge in [0.2, 0.25) is 0 Å². The van der Waals surface area contributed by atoms with Crippen molar-refractivity contribution in [1.82, 2.24) is 19.7 Å². The molecular formula is C20H24N4O2S. The first kappa shape index (κ1) is 19.1. The fraction of sp³-hybridized carbons (Fsp3) is 0.350. The van der Waals surface area contributed by atoms with E-state index in [1.807, 2.05) is 62.5 Å². The summed E-state index contributed by atoms with van der Waals surface area (Å²) in [5.41, 5.74) is 2.51. The Kier molecular flexibility index (Phi) is 5.91. The van der Waals surface area contributed by atoms with Gasteiger partial charge in [0.15, 0.2) is 0 Å². The second-order valence-electron chi connectivity index (χ2n) is 6.72. The van der Waals surface area contributed by atoms with Crippen molar-refractivity contribution in [2.24, 2.45) is 7.05 Å². The van der Waals surface area contributed by atoms with Gasteiger partial charge in [-0.1, -0.05) is 6.07 Å². The smallest absolute Gasteiger partial charge is 0.254 e. The molecular weight excluding hydrogens is 360 g/mol. The molecule has 0 aliphatic rings. The van der Waals surface area contributed by atoms with E-state index in [0.29, 0.717) is 24.5 Å². The normalized spacial score (nSPS) is 11.0. The third-order valence-corrected chi connectivity index (χ3v) is 4.95. The van der Waals surface area contributed by atoms with Crippen molar-refractivity contribution >= 4 is 17.2 Å². The van der Waals surface area contributed by atoms with E-state index in [0.717, 1.165) is 16.3 Å². The summed E-state index contributed by atoms with van der Waals surface area (Å²) in [6, 6.07) is 7.38. The van der Waals surface area contributed by atoms with E-state index in [9.17, 15) is 4.79 Å². The predicted molar refractivity (Wildman–Crippen MR) is 106 cm³/mol. The Balaban J connectivity index is 1.72. The summed E-state index contributed by atoms with van der Waals surface area (Å²) < 4.78 is 7.56. The molecule has 2 aromatic heterocycles. The Morgan fingerprint density at radius 1 is 1.37 bits per heavy atom. The highest BCUT2D eigenvalue weighted by Crippen LogP contribution is 2.19. The molecule has 27 heavy (non-hydrogen) atoms. The van der Waals surface area contributed by atoms with Crippen molar-refractivity contribution < 1.29 is 9.53 Å². The van der Waals surface area contributed by atoms with Crippen LogP contribution in [-0.4, -0.2) is 31.6 Å². The van der Waals surface area contributed by atoms with Crippen molar-refractivity contribution in [3.8, 4) is 5.75 Å². The zero-order chi connectivity index (χ0) is 19.4. The van der Waals surface area contributed by atoms with Crippen LogP contribution in [0.4, 0.5) is 0 Å². The van der Waals surface area contributed by atoms with Gasteiger partial charge in [-0.2, -0.15) is 5.10 Å². The number of benzene rings is 1. The van der Waals surface area contributed by atoms with Crippen LogP contribution in [0.5, 0.6) is 5.75 Å². The molecule has 0 fully saturated rings. The highest BCUT2D eigenvalue weighted by Gasteiger charge is 2.20. The van der Waals surface area contributed by atoms with Gasteiger partial charge in [0.1, 0.15) is 12.4 Å². The quantitative estimate of drug-likeness (QED) is 0.621. The van der Waals surface area contributed by atoms with E-state index in [1.165, 1.54) is 0 Å². The molecule has 3 rings (SSSR count). The Hall–Kier alpha value is -2.67. The summed E-state index contributed by atoms with van der Waals surface area (Å²) in [4.78, 5) is 19.3. The SMILES string of the molecule is Cc1nc(COc2cccc(C(=O)N(Cc3cnn(C)c3)C(C)C)c2)cs1. The Morgan fingerprint density at radius 3 is 2.81 bits per heavy atom. The topological polar surface area (TPSA) is 60.2 Å². The van der Waals surface area contributed by atoms with Crippen LogP contribution in [0.15, 0.2) is 42.0 Å². The number of aromatic nitrogens is 3. The molecule has 7 heteroatoms. The van der Waals surface area contributed by atoms with Crippen molar-refractivity contribution in [3.63, 3.8) is 0 Å². The van der Waals surface area contributed by atoms with Gasteiger partial charge in [0.05, 0.1) is 16.9 Å². The second kappa shape index (κ2) is 8.35. The van der Waals surface area contributed by atoms with E-state index in [1.54, 1.807) is 28.3 Å². The Bertz CT molecular complexity index is 916. The zero-order valence-electron chi connectivity index (χ0n) is 16.0. The highest BCUT2D eigenvalue weighted by atomic mass is 32.1. The monoisotopic (exact) mass is 384 g/mol. The molecule has 142 valence electrons. The number of nitrogens with zero attached hydrogens (tertiary/aromatic N) is 4. The van der Waals surface area contributed by atoms with Crippen LogP contribution in [0.3, 0.4) is 0 Å². The lowest BCUT2D eigenvalue weighted by atomic mass is 10.1. The molecule has 0 radical (unpaired) electrons. The van der Waals surface area contributed by atoms with Crippen LogP contribution in [-0.2, 0) is 20.2 Å². The molecule has 0 N–H and O–H groups in total. The number of rotatable bonds is 7. The molecule has 2 heterocycles. The first-order chi connectivity index (χ1) is 12.9. The van der Waals surface area contributed by atoms with Gasteiger partial charge in [-0.3, -0.25) is 9.48 Å². The molecule has 0 bridgehead atoms. The fourth-order valence-electron chi connectivity index (χ4n) is 2.76. The van der Waals surface area contributed by atoms with Crippen LogP contribution in [0.1, 0.15) is 40.5 Å². The lowest BCUT2D eigenvalue weighted by Crippen LogP contribution is -2.36. The molecule has 0 saturated heterocycles. The van der Waals surface area contributed by atoms with Crippen LogP contribution in [0.25, 0.3) is 0 Å². The number of carbonyl (C=O) groups is 1. The molecule has 1 aromatic carbocycles. The van der Waals surface area contributed by atoms with E-state index < -0.39 is 0 Å². The third-order valence-electron chi connectivity index (χ3n) is 4.13. The van der Waals surface area contributed by atoms with Gasteiger partial charge in [-0.25, -0.2) is 4.98 Å². The summed E-state index contributed by atoms with van der Waals surface area (Å²) in [6.07, 6.45) is 3.72. The van der Waals surface area contributed by atoms with Crippen LogP contribution in [0, 0.1) is 6.92 Å². The van der Waals surface area contributed by atoms with Crippen molar-refractivity contribution in [3.05, 3.63) is 63.9 Å². The fourth-order valence-corrected chi connectivity index (χ4v) is 3.35. The van der Waals surface area contributed by atoms with Gasteiger partial charge >= 0.3 is 0 Å². The molecule has 6 nitrogen and oxygen atoms in total. The lowest BCUT2D eigenvalue weighted by Gasteiger charge is -2.26. The zero-order valence-corrected chi connectivity index (χ0v) is 16.9. The van der Waals surface area contributed by atoms with E-state index in [2.05, 4.69) is 10.1 Å². The van der Waals surface area contributed by atoms with Gasteiger partial charge < -0.3 is 9.64 Å². The van der Waals surface area contributed by atoms with Gasteiger partial charge in [-0.05, 0) is 39.0 Å². The summed E-state index contributed by atoms with van der Waals surface area (Å²) >= 11 is 1.60. The highest BCUT2D eigenvalue weighted by molar-refractivity contribution is 7.09. The number of aryl methyl sites for hydroxylation is 2. The standard InChI is InChI=1S/C20H24N4O2S/c1-14(2)24(11-16-9-21-23(4)10-16)20(25)17-6-5-7-19(8-17)26-12-18-13-27-15(3)22-18/h5-10,13-14H,11-12H2,1-4H3. The predicted octanol–water partition coefficient (Wildman–Crippen LogP) is 3.81. The number of hydrogen-bond donors (Lipinski definition) is 0. The largest absolute Gasteiger partial charge is 0.487 e. The molecule has 0 saturated carbocycles. The van der Waals surface area contributed by atoms with Crippen molar-refractivity contribution in [2.75, 3.05) is 0 Å². The van der Waals surface area contributed by atoms with E-state index in [-0.39, 0.29) is 11.9 Å². The number of carbonyl (C=O) groups excluding carboxylic acids is 1. The lowest BCUT2D eigenvalue weighted by molar-refractivity contribution is 0.0690. The molecule has 1 amide bonds. The maximum Gasteiger partial charge on any atom is 0.254 e. The molecule has 0 aliphatic carbocycles. The minimum Gasteiger partial charge on any atom is -0.487 e. The summed E-state index contributed by atoms with van der Waals surface area (Å²) in [5.74, 6) is 0.639. The molecule has 0 spiro atoms. The minimum atomic E-state index is -0.0243. The van der Waals surface area contributed by atoms with E-state index >= 15 is 0 Å². The maximum atomic E-state index is 13.1. The van der Waals surface area contributed by atoms with Gasteiger partial charge in [0, 0.05) is 42.3 Å². The molecule has 0 atom stereocenters. The molecule has 0 aliphatic heterocycles. The second-order valence-corrected chi connectivity index (χ2v) is 7.79. The average Bonchev–Trinajstić information content (AvgIpc) is 3.25. The number of hydrogen-bond acceptors (Lipinski definition) is 5. The number of thiazole rings is 1. The molecule has 0 unspecified atom stereocenters. The summed E-state index contributed by atoms with van der Waals surface area (Å²) in [6.45, 7) is 6.91. The Morgan fingerprint density at radius 2 is 2.19 bits per heavy atom. The summed E-state index contributed by atoms with van der Waals surface area (Å²) in [5, 5.41) is 7.18. The third kappa shape index (κ3) is 4.95. The molecule has 3 aromatic rings. The number of amides is 1. The minimum absolute atomic E-state index is 0.0243. The summed E-state index contributed by atoms with van der Waals surface area (Å²) in [7, 11) is 1.87. The van der Waals surface area contributed by atoms with Crippen molar-refractivity contribution in [2.45, 2.75) is 40.0 Å².